The highest BCUT2D eigenvalue weighted by molar-refractivity contribution is 6.04. The van der Waals surface area contributed by atoms with Gasteiger partial charge in [0.2, 0.25) is 0 Å². The number of benzene rings is 1. The molecule has 0 spiro atoms. The average Bonchev–Trinajstić information content (AvgIpc) is 2.29. The van der Waals surface area contributed by atoms with Gasteiger partial charge in [0.1, 0.15) is 5.82 Å². The summed E-state index contributed by atoms with van der Waals surface area (Å²) >= 11 is 0. The molecule has 0 aliphatic carbocycles. The summed E-state index contributed by atoms with van der Waals surface area (Å²) < 4.78 is 0. The normalized spacial score (nSPS) is 10.0. The number of carbonyl (C=O) groups is 1. The van der Waals surface area contributed by atoms with Crippen LogP contribution in [0.5, 0.6) is 0 Å². The van der Waals surface area contributed by atoms with Crippen LogP contribution < -0.4 is 5.32 Å². The Hall–Kier alpha value is -2.16. The molecule has 0 fully saturated rings. The molecule has 2 rings (SSSR count). The third-order valence-corrected chi connectivity index (χ3v) is 2.52. The summed E-state index contributed by atoms with van der Waals surface area (Å²) in [6.45, 7) is 3.81. The van der Waals surface area contributed by atoms with Gasteiger partial charge in [-0.15, -0.1) is 0 Å². The van der Waals surface area contributed by atoms with Crippen molar-refractivity contribution >= 4 is 11.7 Å². The zero-order valence-corrected chi connectivity index (χ0v) is 9.90. The minimum absolute atomic E-state index is 0.124. The van der Waals surface area contributed by atoms with Crippen LogP contribution in [0.2, 0.25) is 0 Å². The molecule has 0 unspecified atom stereocenters. The smallest absolute Gasteiger partial charge is 0.257 e. The maximum absolute atomic E-state index is 12.0. The molecular formula is C14H14N2O. The van der Waals surface area contributed by atoms with Crippen LogP contribution in [-0.2, 0) is 0 Å². The first-order chi connectivity index (χ1) is 8.16. The molecule has 1 aromatic heterocycles. The third-order valence-electron chi connectivity index (χ3n) is 2.52. The summed E-state index contributed by atoms with van der Waals surface area (Å²) in [6.07, 6.45) is 0. The molecule has 2 aromatic rings. The number of nitrogens with one attached hydrogen (secondary N) is 1. The molecular weight excluding hydrogens is 212 g/mol. The Labute approximate surface area is 101 Å². The van der Waals surface area contributed by atoms with Crippen molar-refractivity contribution in [1.29, 1.82) is 0 Å². The first-order valence-electron chi connectivity index (χ1n) is 5.47. The van der Waals surface area contributed by atoms with Gasteiger partial charge < -0.3 is 5.32 Å². The number of anilines is 1. The van der Waals surface area contributed by atoms with Gasteiger partial charge in [-0.3, -0.25) is 4.79 Å². The molecule has 0 saturated carbocycles. The van der Waals surface area contributed by atoms with Gasteiger partial charge >= 0.3 is 0 Å². The monoisotopic (exact) mass is 226 g/mol. The topological polar surface area (TPSA) is 42.0 Å². The van der Waals surface area contributed by atoms with E-state index in [0.29, 0.717) is 11.4 Å². The van der Waals surface area contributed by atoms with E-state index in [9.17, 15) is 4.79 Å². The molecule has 1 N–H and O–H groups in total. The zero-order chi connectivity index (χ0) is 12.3. The van der Waals surface area contributed by atoms with Crippen molar-refractivity contribution in [3.8, 4) is 0 Å². The van der Waals surface area contributed by atoms with Gasteiger partial charge in [0.25, 0.3) is 5.91 Å². The van der Waals surface area contributed by atoms with E-state index in [4.69, 9.17) is 0 Å². The predicted octanol–water partition coefficient (Wildman–Crippen LogP) is 2.95. The van der Waals surface area contributed by atoms with Crippen molar-refractivity contribution in [2.75, 3.05) is 5.32 Å². The third kappa shape index (κ3) is 2.69. The second-order valence-electron chi connectivity index (χ2n) is 3.93. The highest BCUT2D eigenvalue weighted by atomic mass is 16.1. The summed E-state index contributed by atoms with van der Waals surface area (Å²) in [6, 6.07) is 13.0. The second-order valence-corrected chi connectivity index (χ2v) is 3.93. The molecule has 0 aliphatic rings. The summed E-state index contributed by atoms with van der Waals surface area (Å²) in [4.78, 5) is 16.2. The maximum atomic E-state index is 12.0. The molecule has 1 aromatic carbocycles. The highest BCUT2D eigenvalue weighted by Crippen LogP contribution is 2.10. The predicted molar refractivity (Wildman–Crippen MR) is 68.1 cm³/mol. The quantitative estimate of drug-likeness (QED) is 0.855. The van der Waals surface area contributed by atoms with Crippen LogP contribution >= 0.6 is 0 Å². The van der Waals surface area contributed by atoms with Gasteiger partial charge in [0.05, 0.1) is 0 Å². The standard InChI is InChI=1S/C14H14N2O/c1-10-6-3-4-8-12(10)14(17)16-13-9-5-7-11(2)15-13/h3-9H,1-2H3,(H,15,16,17). The average molecular weight is 226 g/mol. The minimum atomic E-state index is -0.124. The summed E-state index contributed by atoms with van der Waals surface area (Å²) in [5, 5.41) is 2.79. The lowest BCUT2D eigenvalue weighted by Gasteiger charge is -2.07. The van der Waals surface area contributed by atoms with Crippen molar-refractivity contribution < 1.29 is 4.79 Å². The van der Waals surface area contributed by atoms with E-state index in [2.05, 4.69) is 10.3 Å². The van der Waals surface area contributed by atoms with E-state index < -0.39 is 0 Å². The zero-order valence-electron chi connectivity index (χ0n) is 9.90. The fraction of sp³-hybridized carbons (Fsp3) is 0.143. The van der Waals surface area contributed by atoms with Crippen molar-refractivity contribution in [3.05, 3.63) is 59.3 Å². The lowest BCUT2D eigenvalue weighted by atomic mass is 10.1. The fourth-order valence-electron chi connectivity index (χ4n) is 1.62. The molecule has 0 aliphatic heterocycles. The number of aromatic nitrogens is 1. The van der Waals surface area contributed by atoms with Crippen LogP contribution in [0.25, 0.3) is 0 Å². The molecule has 1 heterocycles. The largest absolute Gasteiger partial charge is 0.307 e. The Bertz CT molecular complexity index is 549. The summed E-state index contributed by atoms with van der Waals surface area (Å²) in [7, 11) is 0. The van der Waals surface area contributed by atoms with Crippen molar-refractivity contribution in [3.63, 3.8) is 0 Å². The Morgan fingerprint density at radius 2 is 1.82 bits per heavy atom. The molecule has 0 bridgehead atoms. The van der Waals surface area contributed by atoms with Gasteiger partial charge in [0.15, 0.2) is 0 Å². The van der Waals surface area contributed by atoms with E-state index in [1.807, 2.05) is 44.2 Å². The Balaban J connectivity index is 2.20. The Kier molecular flexibility index (Phi) is 3.19. The first-order valence-corrected chi connectivity index (χ1v) is 5.47. The fourth-order valence-corrected chi connectivity index (χ4v) is 1.62. The molecule has 17 heavy (non-hydrogen) atoms. The number of hydrogen-bond donors (Lipinski definition) is 1. The first kappa shape index (κ1) is 11.3. The van der Waals surface area contributed by atoms with Crippen LogP contribution in [0.15, 0.2) is 42.5 Å². The molecule has 3 heteroatoms. The van der Waals surface area contributed by atoms with Crippen LogP contribution in [0.1, 0.15) is 21.6 Å². The SMILES string of the molecule is Cc1cccc(NC(=O)c2ccccc2C)n1. The molecule has 0 atom stereocenters. The molecule has 0 saturated heterocycles. The lowest BCUT2D eigenvalue weighted by molar-refractivity contribution is 0.102. The number of nitrogens with zero attached hydrogens (tertiary/aromatic N) is 1. The van der Waals surface area contributed by atoms with E-state index in [1.54, 1.807) is 12.1 Å². The number of pyridine rings is 1. The summed E-state index contributed by atoms with van der Waals surface area (Å²) in [5.41, 5.74) is 2.51. The Morgan fingerprint density at radius 3 is 2.53 bits per heavy atom. The number of amides is 1. The highest BCUT2D eigenvalue weighted by Gasteiger charge is 2.08. The van der Waals surface area contributed by atoms with E-state index >= 15 is 0 Å². The van der Waals surface area contributed by atoms with E-state index in [1.165, 1.54) is 0 Å². The van der Waals surface area contributed by atoms with Gasteiger partial charge in [-0.2, -0.15) is 0 Å². The number of aryl methyl sites for hydroxylation is 2. The van der Waals surface area contributed by atoms with Gasteiger partial charge in [-0.1, -0.05) is 24.3 Å². The number of carbonyl (C=O) groups excluding carboxylic acids is 1. The van der Waals surface area contributed by atoms with E-state index in [0.717, 1.165) is 11.3 Å². The minimum Gasteiger partial charge on any atom is -0.307 e. The van der Waals surface area contributed by atoms with Crippen LogP contribution in [0.3, 0.4) is 0 Å². The molecule has 0 radical (unpaired) electrons. The summed E-state index contributed by atoms with van der Waals surface area (Å²) in [5.74, 6) is 0.458. The van der Waals surface area contributed by atoms with Crippen molar-refractivity contribution in [1.82, 2.24) is 4.98 Å². The van der Waals surface area contributed by atoms with Crippen LogP contribution in [0, 0.1) is 13.8 Å². The van der Waals surface area contributed by atoms with E-state index in [-0.39, 0.29) is 5.91 Å². The van der Waals surface area contributed by atoms with Gasteiger partial charge in [-0.25, -0.2) is 4.98 Å². The molecule has 3 nitrogen and oxygen atoms in total. The van der Waals surface area contributed by atoms with Gasteiger partial charge in [0, 0.05) is 11.3 Å². The van der Waals surface area contributed by atoms with Crippen molar-refractivity contribution in [2.45, 2.75) is 13.8 Å². The maximum Gasteiger partial charge on any atom is 0.257 e. The van der Waals surface area contributed by atoms with Gasteiger partial charge in [-0.05, 0) is 37.6 Å². The number of rotatable bonds is 2. The second kappa shape index (κ2) is 4.78. The molecule has 86 valence electrons. The van der Waals surface area contributed by atoms with Crippen molar-refractivity contribution in [2.24, 2.45) is 0 Å². The molecule has 1 amide bonds. The number of hydrogen-bond acceptors (Lipinski definition) is 2. The lowest BCUT2D eigenvalue weighted by Crippen LogP contribution is -2.14. The van der Waals surface area contributed by atoms with Crippen LogP contribution in [-0.4, -0.2) is 10.9 Å². The Morgan fingerprint density at radius 1 is 1.06 bits per heavy atom. The van der Waals surface area contributed by atoms with Crippen LogP contribution in [0.4, 0.5) is 5.82 Å².